The molecule has 1 unspecified atom stereocenters. The van der Waals surface area contributed by atoms with Crippen LogP contribution in [-0.4, -0.2) is 44.0 Å². The standard InChI is InChI=1S/C17H21N3O4/c1-22-14-4-2-3-12(7-14)16-8-13(20-24-16)10-19-17(21)9-15-11-18-5-6-23-15/h2-4,7-8,15,18H,5-6,9-11H2,1H3,(H,19,21). The van der Waals surface area contributed by atoms with E-state index in [-0.39, 0.29) is 12.0 Å². The lowest BCUT2D eigenvalue weighted by Crippen LogP contribution is -2.41. The van der Waals surface area contributed by atoms with Crippen molar-refractivity contribution in [1.82, 2.24) is 15.8 Å². The molecule has 1 aliphatic rings. The van der Waals surface area contributed by atoms with Crippen LogP contribution >= 0.6 is 0 Å². The maximum absolute atomic E-state index is 12.0. The van der Waals surface area contributed by atoms with Gasteiger partial charge in [-0.05, 0) is 12.1 Å². The molecule has 2 heterocycles. The van der Waals surface area contributed by atoms with Gasteiger partial charge in [0.15, 0.2) is 5.76 Å². The molecule has 2 aromatic rings. The first-order chi connectivity index (χ1) is 11.7. The molecule has 1 amide bonds. The van der Waals surface area contributed by atoms with Gasteiger partial charge < -0.3 is 24.6 Å². The number of morpholine rings is 1. The van der Waals surface area contributed by atoms with E-state index in [0.29, 0.717) is 37.6 Å². The van der Waals surface area contributed by atoms with E-state index in [0.717, 1.165) is 17.9 Å². The largest absolute Gasteiger partial charge is 0.497 e. The summed E-state index contributed by atoms with van der Waals surface area (Å²) < 4.78 is 16.1. The molecule has 3 rings (SSSR count). The van der Waals surface area contributed by atoms with Crippen LogP contribution in [0, 0.1) is 0 Å². The van der Waals surface area contributed by atoms with Crippen LogP contribution in [0.2, 0.25) is 0 Å². The van der Waals surface area contributed by atoms with Crippen LogP contribution in [0.25, 0.3) is 11.3 Å². The fourth-order valence-corrected chi connectivity index (χ4v) is 2.53. The van der Waals surface area contributed by atoms with Gasteiger partial charge in [0.1, 0.15) is 11.4 Å². The Hall–Kier alpha value is -2.38. The van der Waals surface area contributed by atoms with Gasteiger partial charge in [-0.15, -0.1) is 0 Å². The monoisotopic (exact) mass is 331 g/mol. The number of nitrogens with one attached hydrogen (secondary N) is 2. The molecule has 7 nitrogen and oxygen atoms in total. The first-order valence-electron chi connectivity index (χ1n) is 7.93. The van der Waals surface area contributed by atoms with Crippen LogP contribution in [0.5, 0.6) is 5.75 Å². The minimum absolute atomic E-state index is 0.0605. The molecule has 0 radical (unpaired) electrons. The van der Waals surface area contributed by atoms with E-state index >= 15 is 0 Å². The molecule has 0 aliphatic carbocycles. The topological polar surface area (TPSA) is 85.6 Å². The van der Waals surface area contributed by atoms with E-state index in [1.54, 1.807) is 7.11 Å². The second kappa shape index (κ2) is 7.94. The summed E-state index contributed by atoms with van der Waals surface area (Å²) in [4.78, 5) is 12.0. The molecule has 1 saturated heterocycles. The second-order valence-electron chi connectivity index (χ2n) is 5.59. The molecule has 0 bridgehead atoms. The number of carbonyl (C=O) groups is 1. The lowest BCUT2D eigenvalue weighted by Gasteiger charge is -2.22. The van der Waals surface area contributed by atoms with Crippen LogP contribution in [0.15, 0.2) is 34.9 Å². The van der Waals surface area contributed by atoms with Gasteiger partial charge in [0.2, 0.25) is 5.91 Å². The number of nitrogens with zero attached hydrogens (tertiary/aromatic N) is 1. The van der Waals surface area contributed by atoms with Gasteiger partial charge in [-0.1, -0.05) is 17.3 Å². The van der Waals surface area contributed by atoms with Crippen molar-refractivity contribution in [2.24, 2.45) is 0 Å². The molecule has 0 saturated carbocycles. The van der Waals surface area contributed by atoms with Crippen molar-refractivity contribution in [3.05, 3.63) is 36.0 Å². The van der Waals surface area contributed by atoms with E-state index in [1.807, 2.05) is 30.3 Å². The summed E-state index contributed by atoms with van der Waals surface area (Å²) in [5, 5.41) is 10.0. The molecule has 1 aromatic carbocycles. The molecular weight excluding hydrogens is 310 g/mol. The van der Waals surface area contributed by atoms with Gasteiger partial charge >= 0.3 is 0 Å². The van der Waals surface area contributed by atoms with Crippen molar-refractivity contribution >= 4 is 5.91 Å². The SMILES string of the molecule is COc1cccc(-c2cc(CNC(=O)CC3CNCCO3)no2)c1. The Bertz CT molecular complexity index is 680. The summed E-state index contributed by atoms with van der Waals surface area (Å²) in [6, 6.07) is 9.35. The first kappa shape index (κ1) is 16.5. The maximum Gasteiger partial charge on any atom is 0.222 e. The molecule has 0 spiro atoms. The third-order valence-corrected chi connectivity index (χ3v) is 3.80. The summed E-state index contributed by atoms with van der Waals surface area (Å²) in [6.07, 6.45) is 0.275. The maximum atomic E-state index is 12.0. The van der Waals surface area contributed by atoms with Crippen LogP contribution in [0.3, 0.4) is 0 Å². The van der Waals surface area contributed by atoms with E-state index in [9.17, 15) is 4.79 Å². The van der Waals surface area contributed by atoms with E-state index in [1.165, 1.54) is 0 Å². The number of benzene rings is 1. The van der Waals surface area contributed by atoms with Gasteiger partial charge in [-0.3, -0.25) is 4.79 Å². The number of rotatable bonds is 6. The van der Waals surface area contributed by atoms with Crippen LogP contribution in [0.4, 0.5) is 0 Å². The Morgan fingerprint density at radius 3 is 3.17 bits per heavy atom. The average Bonchev–Trinajstić information content (AvgIpc) is 3.10. The highest BCUT2D eigenvalue weighted by atomic mass is 16.5. The van der Waals surface area contributed by atoms with Crippen molar-refractivity contribution in [2.75, 3.05) is 26.8 Å². The van der Waals surface area contributed by atoms with Crippen molar-refractivity contribution in [3.63, 3.8) is 0 Å². The van der Waals surface area contributed by atoms with Gasteiger partial charge in [0, 0.05) is 24.7 Å². The highest BCUT2D eigenvalue weighted by Gasteiger charge is 2.17. The lowest BCUT2D eigenvalue weighted by atomic mass is 10.1. The lowest BCUT2D eigenvalue weighted by molar-refractivity contribution is -0.124. The average molecular weight is 331 g/mol. The molecule has 1 atom stereocenters. The number of hydrogen-bond acceptors (Lipinski definition) is 6. The Morgan fingerprint density at radius 2 is 2.38 bits per heavy atom. The molecule has 7 heteroatoms. The Morgan fingerprint density at radius 1 is 1.46 bits per heavy atom. The molecule has 1 fully saturated rings. The van der Waals surface area contributed by atoms with Crippen molar-refractivity contribution in [1.29, 1.82) is 0 Å². The zero-order valence-corrected chi connectivity index (χ0v) is 13.6. The second-order valence-corrected chi connectivity index (χ2v) is 5.59. The molecule has 24 heavy (non-hydrogen) atoms. The van der Waals surface area contributed by atoms with Crippen LogP contribution in [-0.2, 0) is 16.1 Å². The predicted octanol–water partition coefficient (Wildman–Crippen LogP) is 1.34. The number of methoxy groups -OCH3 is 1. The van der Waals surface area contributed by atoms with E-state index in [2.05, 4.69) is 15.8 Å². The highest BCUT2D eigenvalue weighted by Crippen LogP contribution is 2.24. The van der Waals surface area contributed by atoms with E-state index in [4.69, 9.17) is 14.0 Å². The summed E-state index contributed by atoms with van der Waals surface area (Å²) in [7, 11) is 1.62. The van der Waals surface area contributed by atoms with Gasteiger partial charge in [0.05, 0.1) is 32.8 Å². The third-order valence-electron chi connectivity index (χ3n) is 3.80. The minimum atomic E-state index is -0.0663. The first-order valence-corrected chi connectivity index (χ1v) is 7.93. The quantitative estimate of drug-likeness (QED) is 0.831. The van der Waals surface area contributed by atoms with Crippen molar-refractivity contribution in [2.45, 2.75) is 19.1 Å². The Kier molecular flexibility index (Phi) is 5.45. The van der Waals surface area contributed by atoms with Gasteiger partial charge in [0.25, 0.3) is 0 Å². The van der Waals surface area contributed by atoms with Crippen molar-refractivity contribution < 1.29 is 18.8 Å². The molecule has 1 aromatic heterocycles. The van der Waals surface area contributed by atoms with Crippen LogP contribution in [0.1, 0.15) is 12.1 Å². The Labute approximate surface area is 140 Å². The summed E-state index contributed by atoms with van der Waals surface area (Å²) in [6.45, 7) is 2.51. The van der Waals surface area contributed by atoms with Crippen LogP contribution < -0.4 is 15.4 Å². The Balaban J connectivity index is 1.53. The summed E-state index contributed by atoms with van der Waals surface area (Å²) in [5.74, 6) is 1.33. The minimum Gasteiger partial charge on any atom is -0.497 e. The fourth-order valence-electron chi connectivity index (χ4n) is 2.53. The third kappa shape index (κ3) is 4.33. The molecular formula is C17H21N3O4. The summed E-state index contributed by atoms with van der Waals surface area (Å²) in [5.41, 5.74) is 1.55. The number of aromatic nitrogens is 1. The van der Waals surface area contributed by atoms with Gasteiger partial charge in [-0.25, -0.2) is 0 Å². The number of ether oxygens (including phenoxy) is 2. The zero-order valence-electron chi connectivity index (χ0n) is 13.6. The molecule has 1 aliphatic heterocycles. The number of hydrogen-bond donors (Lipinski definition) is 2. The molecule has 2 N–H and O–H groups in total. The number of carbonyl (C=O) groups excluding carboxylic acids is 1. The molecule has 128 valence electrons. The van der Waals surface area contributed by atoms with Crippen molar-refractivity contribution in [3.8, 4) is 17.1 Å². The smallest absolute Gasteiger partial charge is 0.222 e. The van der Waals surface area contributed by atoms with Gasteiger partial charge in [-0.2, -0.15) is 0 Å². The normalized spacial score (nSPS) is 17.5. The number of amides is 1. The zero-order chi connectivity index (χ0) is 16.8. The van der Waals surface area contributed by atoms with E-state index < -0.39 is 0 Å². The summed E-state index contributed by atoms with van der Waals surface area (Å²) >= 11 is 0. The predicted molar refractivity (Wildman–Crippen MR) is 87.6 cm³/mol. The fraction of sp³-hybridized carbons (Fsp3) is 0.412. The highest BCUT2D eigenvalue weighted by molar-refractivity contribution is 5.76.